The molecule has 0 aliphatic carbocycles. The molecule has 0 spiro atoms. The molecular formula is C12H9Br2N7. The maximum Gasteiger partial charge on any atom is 0.241 e. The van der Waals surface area contributed by atoms with Crippen molar-refractivity contribution in [1.82, 2.24) is 24.5 Å². The number of rotatable bonds is 3. The number of anilines is 3. The highest BCUT2D eigenvalue weighted by molar-refractivity contribution is 9.11. The molecule has 0 bridgehead atoms. The summed E-state index contributed by atoms with van der Waals surface area (Å²) >= 11 is 6.88. The van der Waals surface area contributed by atoms with Crippen molar-refractivity contribution >= 4 is 49.4 Å². The topological polar surface area (TPSA) is 94.5 Å². The van der Waals surface area contributed by atoms with Crippen LogP contribution in [0.5, 0.6) is 0 Å². The van der Waals surface area contributed by atoms with Gasteiger partial charge in [-0.1, -0.05) is 15.9 Å². The minimum atomic E-state index is 0.127. The molecule has 0 amide bonds. The number of aromatic nitrogens is 5. The molecule has 0 fully saturated rings. The first-order valence-electron chi connectivity index (χ1n) is 5.84. The lowest BCUT2D eigenvalue weighted by atomic mass is 10.3. The summed E-state index contributed by atoms with van der Waals surface area (Å²) in [6.45, 7) is 0. The molecule has 0 aliphatic heterocycles. The summed E-state index contributed by atoms with van der Waals surface area (Å²) in [6, 6.07) is 5.74. The number of imidazole rings is 1. The molecule has 0 radical (unpaired) electrons. The van der Waals surface area contributed by atoms with Crippen LogP contribution in [0.3, 0.4) is 0 Å². The van der Waals surface area contributed by atoms with E-state index in [2.05, 4.69) is 57.1 Å². The first-order valence-corrected chi connectivity index (χ1v) is 7.42. The van der Waals surface area contributed by atoms with Crippen molar-refractivity contribution in [2.24, 2.45) is 0 Å². The Morgan fingerprint density at radius 3 is 2.76 bits per heavy atom. The standard InChI is InChI=1S/C12H9Br2N7/c13-7-1-2-8(14)9(5-7)17-11-18-10(15)19-12(20-11)21-4-3-16-6-21/h1-6H,(H3,15,17,18,19,20). The molecule has 3 aromatic rings. The van der Waals surface area contributed by atoms with Crippen molar-refractivity contribution in [3.8, 4) is 5.95 Å². The summed E-state index contributed by atoms with van der Waals surface area (Å²) in [5, 5.41) is 3.10. The van der Waals surface area contributed by atoms with Crippen molar-refractivity contribution in [1.29, 1.82) is 0 Å². The molecule has 0 saturated carbocycles. The molecule has 2 heterocycles. The van der Waals surface area contributed by atoms with Gasteiger partial charge < -0.3 is 11.1 Å². The molecule has 7 nitrogen and oxygen atoms in total. The third-order valence-corrected chi connectivity index (χ3v) is 3.74. The van der Waals surface area contributed by atoms with Gasteiger partial charge in [-0.15, -0.1) is 0 Å². The van der Waals surface area contributed by atoms with Crippen molar-refractivity contribution in [3.63, 3.8) is 0 Å². The molecule has 2 aromatic heterocycles. The van der Waals surface area contributed by atoms with E-state index in [1.165, 1.54) is 0 Å². The molecule has 0 unspecified atom stereocenters. The number of benzene rings is 1. The molecule has 21 heavy (non-hydrogen) atoms. The van der Waals surface area contributed by atoms with Crippen LogP contribution in [0, 0.1) is 0 Å². The Labute approximate surface area is 136 Å². The molecule has 9 heteroatoms. The van der Waals surface area contributed by atoms with Crippen LogP contribution in [0.1, 0.15) is 0 Å². The second kappa shape index (κ2) is 5.78. The summed E-state index contributed by atoms with van der Waals surface area (Å²) in [7, 11) is 0. The third-order valence-electron chi connectivity index (χ3n) is 2.55. The van der Waals surface area contributed by atoms with Gasteiger partial charge >= 0.3 is 0 Å². The van der Waals surface area contributed by atoms with Crippen molar-refractivity contribution in [2.45, 2.75) is 0 Å². The van der Waals surface area contributed by atoms with Crippen LogP contribution in [-0.2, 0) is 0 Å². The first-order chi connectivity index (χ1) is 10.1. The van der Waals surface area contributed by atoms with Crippen LogP contribution in [0.2, 0.25) is 0 Å². The largest absolute Gasteiger partial charge is 0.368 e. The van der Waals surface area contributed by atoms with Crippen molar-refractivity contribution in [2.75, 3.05) is 11.1 Å². The molecule has 3 rings (SSSR count). The predicted molar refractivity (Wildman–Crippen MR) is 86.5 cm³/mol. The van der Waals surface area contributed by atoms with Crippen LogP contribution in [0.25, 0.3) is 5.95 Å². The van der Waals surface area contributed by atoms with E-state index in [1.54, 1.807) is 23.3 Å². The lowest BCUT2D eigenvalue weighted by Crippen LogP contribution is -2.08. The van der Waals surface area contributed by atoms with Gasteiger partial charge in [-0.3, -0.25) is 4.57 Å². The zero-order chi connectivity index (χ0) is 14.8. The molecule has 1 aromatic carbocycles. The highest BCUT2D eigenvalue weighted by Gasteiger charge is 2.08. The maximum atomic E-state index is 5.73. The van der Waals surface area contributed by atoms with E-state index in [-0.39, 0.29) is 5.95 Å². The Balaban J connectivity index is 1.97. The second-order valence-corrected chi connectivity index (χ2v) is 5.81. The minimum absolute atomic E-state index is 0.127. The van der Waals surface area contributed by atoms with Gasteiger partial charge in [0.1, 0.15) is 6.33 Å². The van der Waals surface area contributed by atoms with Gasteiger partial charge in [-0.05, 0) is 34.1 Å². The second-order valence-electron chi connectivity index (χ2n) is 4.04. The number of halogens is 2. The number of nitrogens with zero attached hydrogens (tertiary/aromatic N) is 5. The number of nitrogens with one attached hydrogen (secondary N) is 1. The number of nitrogens with two attached hydrogens (primary N) is 1. The van der Waals surface area contributed by atoms with E-state index >= 15 is 0 Å². The number of hydrogen-bond acceptors (Lipinski definition) is 6. The summed E-state index contributed by atoms with van der Waals surface area (Å²) in [4.78, 5) is 16.4. The zero-order valence-electron chi connectivity index (χ0n) is 10.5. The average molecular weight is 411 g/mol. The lowest BCUT2D eigenvalue weighted by molar-refractivity contribution is 0.906. The van der Waals surface area contributed by atoms with Gasteiger partial charge in [0.15, 0.2) is 0 Å². The fourth-order valence-electron chi connectivity index (χ4n) is 1.64. The molecule has 0 aliphatic rings. The third kappa shape index (κ3) is 3.19. The van der Waals surface area contributed by atoms with Crippen molar-refractivity contribution in [3.05, 3.63) is 45.9 Å². The highest BCUT2D eigenvalue weighted by Crippen LogP contribution is 2.28. The minimum Gasteiger partial charge on any atom is -0.368 e. The Kier molecular flexibility index (Phi) is 3.84. The van der Waals surface area contributed by atoms with Crippen LogP contribution < -0.4 is 11.1 Å². The summed E-state index contributed by atoms with van der Waals surface area (Å²) in [5.74, 6) is 0.876. The normalized spacial score (nSPS) is 10.6. The number of nitrogen functional groups attached to an aromatic ring is 1. The SMILES string of the molecule is Nc1nc(Nc2cc(Br)ccc2Br)nc(-n2ccnc2)n1. The van der Waals surface area contributed by atoms with E-state index in [9.17, 15) is 0 Å². The Hall–Kier alpha value is -2.00. The van der Waals surface area contributed by atoms with E-state index in [1.807, 2.05) is 18.2 Å². The van der Waals surface area contributed by atoms with E-state index < -0.39 is 0 Å². The molecule has 3 N–H and O–H groups in total. The monoisotopic (exact) mass is 409 g/mol. The van der Waals surface area contributed by atoms with Gasteiger partial charge in [0.25, 0.3) is 0 Å². The zero-order valence-corrected chi connectivity index (χ0v) is 13.7. The van der Waals surface area contributed by atoms with E-state index in [0.717, 1.165) is 14.6 Å². The Morgan fingerprint density at radius 2 is 2.00 bits per heavy atom. The van der Waals surface area contributed by atoms with Gasteiger partial charge in [-0.2, -0.15) is 15.0 Å². The summed E-state index contributed by atoms with van der Waals surface area (Å²) in [5.41, 5.74) is 6.54. The Morgan fingerprint density at radius 1 is 1.14 bits per heavy atom. The smallest absolute Gasteiger partial charge is 0.241 e. The van der Waals surface area contributed by atoms with Crippen LogP contribution in [0.15, 0.2) is 45.9 Å². The van der Waals surface area contributed by atoms with E-state index in [4.69, 9.17) is 5.73 Å². The molecular weight excluding hydrogens is 402 g/mol. The summed E-state index contributed by atoms with van der Waals surface area (Å²) in [6.07, 6.45) is 4.96. The first kappa shape index (κ1) is 14.0. The van der Waals surface area contributed by atoms with Crippen LogP contribution in [0.4, 0.5) is 17.6 Å². The fraction of sp³-hybridized carbons (Fsp3) is 0. The van der Waals surface area contributed by atoms with E-state index in [0.29, 0.717) is 11.9 Å². The summed E-state index contributed by atoms with van der Waals surface area (Å²) < 4.78 is 3.47. The number of hydrogen-bond donors (Lipinski definition) is 2. The lowest BCUT2D eigenvalue weighted by Gasteiger charge is -2.09. The highest BCUT2D eigenvalue weighted by atomic mass is 79.9. The molecule has 0 saturated heterocycles. The maximum absolute atomic E-state index is 5.73. The molecule has 0 atom stereocenters. The Bertz CT molecular complexity index is 773. The fourth-order valence-corrected chi connectivity index (χ4v) is 2.35. The molecule has 106 valence electrons. The van der Waals surface area contributed by atoms with Crippen LogP contribution in [-0.4, -0.2) is 24.5 Å². The van der Waals surface area contributed by atoms with Crippen LogP contribution >= 0.6 is 31.9 Å². The van der Waals surface area contributed by atoms with Gasteiger partial charge in [0.2, 0.25) is 17.8 Å². The van der Waals surface area contributed by atoms with Gasteiger partial charge in [-0.25, -0.2) is 4.98 Å². The average Bonchev–Trinajstić information content (AvgIpc) is 2.96. The van der Waals surface area contributed by atoms with Gasteiger partial charge in [0, 0.05) is 21.3 Å². The predicted octanol–water partition coefficient (Wildman–Crippen LogP) is 2.91. The quantitative estimate of drug-likeness (QED) is 0.689. The van der Waals surface area contributed by atoms with Gasteiger partial charge in [0.05, 0.1) is 5.69 Å². The van der Waals surface area contributed by atoms with Crippen molar-refractivity contribution < 1.29 is 0 Å².